The summed E-state index contributed by atoms with van der Waals surface area (Å²) in [6, 6.07) is 20.8. The SMILES string of the molecule is O=C(OCc1nnc(-c2ccc(Br)cc2)o1)c1ccc2ccccc2c1. The number of hydrogen-bond acceptors (Lipinski definition) is 5. The van der Waals surface area contributed by atoms with Gasteiger partial charge in [-0.15, -0.1) is 10.2 Å². The molecule has 1 heterocycles. The van der Waals surface area contributed by atoms with Gasteiger partial charge in [0.25, 0.3) is 5.89 Å². The second-order valence-electron chi connectivity index (χ2n) is 5.65. The third-order valence-electron chi connectivity index (χ3n) is 3.87. The second-order valence-corrected chi connectivity index (χ2v) is 6.56. The molecule has 6 heteroatoms. The fourth-order valence-electron chi connectivity index (χ4n) is 2.55. The summed E-state index contributed by atoms with van der Waals surface area (Å²) in [4.78, 5) is 12.3. The first-order chi connectivity index (χ1) is 12.7. The van der Waals surface area contributed by atoms with Crippen molar-refractivity contribution < 1.29 is 13.9 Å². The van der Waals surface area contributed by atoms with Gasteiger partial charge in [-0.3, -0.25) is 0 Å². The van der Waals surface area contributed by atoms with Gasteiger partial charge >= 0.3 is 5.97 Å². The molecule has 0 radical (unpaired) electrons. The van der Waals surface area contributed by atoms with Gasteiger partial charge < -0.3 is 9.15 Å². The van der Waals surface area contributed by atoms with Gasteiger partial charge in [-0.1, -0.05) is 46.3 Å². The van der Waals surface area contributed by atoms with Crippen molar-refractivity contribution >= 4 is 32.7 Å². The lowest BCUT2D eigenvalue weighted by atomic mass is 10.1. The number of hydrogen-bond donors (Lipinski definition) is 0. The predicted octanol–water partition coefficient (Wildman–Crippen LogP) is 5.01. The summed E-state index contributed by atoms with van der Waals surface area (Å²) in [5.41, 5.74) is 1.28. The minimum absolute atomic E-state index is 0.0742. The smallest absolute Gasteiger partial charge is 0.338 e. The first kappa shape index (κ1) is 16.5. The Morgan fingerprint density at radius 2 is 1.73 bits per heavy atom. The first-order valence-corrected chi connectivity index (χ1v) is 8.72. The molecule has 3 aromatic carbocycles. The molecular weight excluding hydrogens is 396 g/mol. The van der Waals surface area contributed by atoms with Crippen LogP contribution in [-0.2, 0) is 11.3 Å². The van der Waals surface area contributed by atoms with Gasteiger partial charge in [0, 0.05) is 10.0 Å². The van der Waals surface area contributed by atoms with E-state index in [-0.39, 0.29) is 12.5 Å². The van der Waals surface area contributed by atoms with Crippen molar-refractivity contribution in [2.45, 2.75) is 6.61 Å². The molecule has 0 aliphatic carbocycles. The third kappa shape index (κ3) is 3.50. The molecule has 5 nitrogen and oxygen atoms in total. The summed E-state index contributed by atoms with van der Waals surface area (Å²) in [6.07, 6.45) is 0. The summed E-state index contributed by atoms with van der Waals surface area (Å²) >= 11 is 3.38. The number of ether oxygens (including phenoxy) is 1. The Hall–Kier alpha value is -2.99. The minimum atomic E-state index is -0.431. The van der Waals surface area contributed by atoms with Crippen LogP contribution in [0.3, 0.4) is 0 Å². The molecule has 0 bridgehead atoms. The van der Waals surface area contributed by atoms with E-state index in [1.807, 2.05) is 54.6 Å². The van der Waals surface area contributed by atoms with E-state index >= 15 is 0 Å². The Bertz CT molecular complexity index is 1070. The highest BCUT2D eigenvalue weighted by Gasteiger charge is 2.13. The van der Waals surface area contributed by atoms with Crippen LogP contribution in [0.5, 0.6) is 0 Å². The molecule has 0 saturated carbocycles. The summed E-state index contributed by atoms with van der Waals surface area (Å²) in [6.45, 7) is -0.0742. The lowest BCUT2D eigenvalue weighted by molar-refractivity contribution is 0.0439. The van der Waals surface area contributed by atoms with Crippen molar-refractivity contribution in [3.8, 4) is 11.5 Å². The maximum absolute atomic E-state index is 12.3. The Labute approximate surface area is 157 Å². The molecule has 0 aliphatic rings. The van der Waals surface area contributed by atoms with Crippen LogP contribution in [0.15, 0.2) is 75.6 Å². The molecule has 128 valence electrons. The summed E-state index contributed by atoms with van der Waals surface area (Å²) in [5.74, 6) is 0.199. The molecule has 1 aromatic heterocycles. The zero-order chi connectivity index (χ0) is 17.9. The number of carbonyl (C=O) groups excluding carboxylic acids is 1. The number of fused-ring (bicyclic) bond motifs is 1. The second kappa shape index (κ2) is 7.09. The van der Waals surface area contributed by atoms with Gasteiger partial charge in [-0.25, -0.2) is 4.79 Å². The van der Waals surface area contributed by atoms with Crippen LogP contribution in [0.25, 0.3) is 22.2 Å². The van der Waals surface area contributed by atoms with Crippen LogP contribution >= 0.6 is 15.9 Å². The highest BCUT2D eigenvalue weighted by molar-refractivity contribution is 9.10. The normalized spacial score (nSPS) is 10.8. The van der Waals surface area contributed by atoms with Crippen LogP contribution in [0.4, 0.5) is 0 Å². The van der Waals surface area contributed by atoms with E-state index in [1.54, 1.807) is 12.1 Å². The number of nitrogens with zero attached hydrogens (tertiary/aromatic N) is 2. The van der Waals surface area contributed by atoms with E-state index in [1.165, 1.54) is 0 Å². The Morgan fingerprint density at radius 1 is 0.962 bits per heavy atom. The van der Waals surface area contributed by atoms with Crippen molar-refractivity contribution in [3.05, 3.63) is 82.7 Å². The quantitative estimate of drug-likeness (QED) is 0.444. The average Bonchev–Trinajstić information content (AvgIpc) is 3.15. The van der Waals surface area contributed by atoms with E-state index in [4.69, 9.17) is 9.15 Å². The minimum Gasteiger partial charge on any atom is -0.452 e. The third-order valence-corrected chi connectivity index (χ3v) is 4.40. The summed E-state index contributed by atoms with van der Waals surface area (Å²) < 4.78 is 11.8. The first-order valence-electron chi connectivity index (χ1n) is 7.93. The highest BCUT2D eigenvalue weighted by Crippen LogP contribution is 2.21. The van der Waals surface area contributed by atoms with Crippen LogP contribution in [-0.4, -0.2) is 16.2 Å². The number of esters is 1. The molecular formula is C20H13BrN2O3. The topological polar surface area (TPSA) is 65.2 Å². The zero-order valence-corrected chi connectivity index (χ0v) is 15.1. The van der Waals surface area contributed by atoms with Crippen molar-refractivity contribution in [3.63, 3.8) is 0 Å². The van der Waals surface area contributed by atoms with E-state index in [0.717, 1.165) is 20.8 Å². The van der Waals surface area contributed by atoms with Gasteiger partial charge in [0.05, 0.1) is 5.56 Å². The summed E-state index contributed by atoms with van der Waals surface area (Å²) in [7, 11) is 0. The van der Waals surface area contributed by atoms with Crippen LogP contribution < -0.4 is 0 Å². The maximum Gasteiger partial charge on any atom is 0.338 e. The lowest BCUT2D eigenvalue weighted by Crippen LogP contribution is -2.05. The van der Waals surface area contributed by atoms with Gasteiger partial charge in [0.1, 0.15) is 0 Å². The van der Waals surface area contributed by atoms with Crippen LogP contribution in [0.1, 0.15) is 16.2 Å². The average molecular weight is 409 g/mol. The van der Waals surface area contributed by atoms with Gasteiger partial charge in [0.2, 0.25) is 5.89 Å². The van der Waals surface area contributed by atoms with E-state index in [2.05, 4.69) is 26.1 Å². The molecule has 26 heavy (non-hydrogen) atoms. The van der Waals surface area contributed by atoms with Gasteiger partial charge in [-0.2, -0.15) is 0 Å². The molecule has 0 atom stereocenters. The Morgan fingerprint density at radius 3 is 2.54 bits per heavy atom. The molecule has 0 aliphatic heterocycles. The van der Waals surface area contributed by atoms with Gasteiger partial charge in [0.15, 0.2) is 6.61 Å². The largest absolute Gasteiger partial charge is 0.452 e. The van der Waals surface area contributed by atoms with E-state index in [0.29, 0.717) is 11.5 Å². The zero-order valence-electron chi connectivity index (χ0n) is 13.6. The molecule has 0 fully saturated rings. The molecule has 4 rings (SSSR count). The number of aromatic nitrogens is 2. The van der Waals surface area contributed by atoms with Gasteiger partial charge in [-0.05, 0) is 47.2 Å². The summed E-state index contributed by atoms with van der Waals surface area (Å²) in [5, 5.41) is 9.96. The predicted molar refractivity (Wildman–Crippen MR) is 101 cm³/mol. The standard InChI is InChI=1S/C20H13BrN2O3/c21-17-9-7-14(8-10-17)19-23-22-18(26-19)12-25-20(24)16-6-5-13-3-1-2-4-15(13)11-16/h1-11H,12H2. The molecule has 0 amide bonds. The Kier molecular flexibility index (Phi) is 4.50. The molecule has 0 spiro atoms. The fourth-order valence-corrected chi connectivity index (χ4v) is 2.81. The number of rotatable bonds is 4. The number of carbonyl (C=O) groups is 1. The molecule has 0 N–H and O–H groups in total. The molecule has 0 unspecified atom stereocenters. The Balaban J connectivity index is 1.45. The number of benzene rings is 3. The fraction of sp³-hybridized carbons (Fsp3) is 0.0500. The maximum atomic E-state index is 12.3. The van der Waals surface area contributed by atoms with Crippen molar-refractivity contribution in [1.82, 2.24) is 10.2 Å². The molecule has 0 saturated heterocycles. The monoisotopic (exact) mass is 408 g/mol. The van der Waals surface area contributed by atoms with Crippen LogP contribution in [0, 0.1) is 0 Å². The van der Waals surface area contributed by atoms with Crippen molar-refractivity contribution in [2.24, 2.45) is 0 Å². The van der Waals surface area contributed by atoms with E-state index in [9.17, 15) is 4.79 Å². The van der Waals surface area contributed by atoms with Crippen molar-refractivity contribution in [2.75, 3.05) is 0 Å². The highest BCUT2D eigenvalue weighted by atomic mass is 79.9. The molecule has 4 aromatic rings. The van der Waals surface area contributed by atoms with E-state index < -0.39 is 5.97 Å². The van der Waals surface area contributed by atoms with Crippen molar-refractivity contribution in [1.29, 1.82) is 0 Å². The number of halogens is 1. The lowest BCUT2D eigenvalue weighted by Gasteiger charge is -2.04. The van der Waals surface area contributed by atoms with Crippen LogP contribution in [0.2, 0.25) is 0 Å².